The summed E-state index contributed by atoms with van der Waals surface area (Å²) in [5.74, 6) is 1.50. The second kappa shape index (κ2) is 7.85. The number of hydrogen-bond donors (Lipinski definition) is 2. The number of rotatable bonds is 4. The quantitative estimate of drug-likeness (QED) is 0.684. The second-order valence-corrected chi connectivity index (χ2v) is 8.65. The molecule has 8 nitrogen and oxygen atoms in total. The lowest BCUT2D eigenvalue weighted by molar-refractivity contribution is -0.0254. The van der Waals surface area contributed by atoms with Gasteiger partial charge in [-0.1, -0.05) is 18.2 Å². The molecule has 158 valence electrons. The molecular weight excluding hydrogens is 380 g/mol. The first-order valence-electron chi connectivity index (χ1n) is 10.6. The van der Waals surface area contributed by atoms with E-state index in [0.717, 1.165) is 62.5 Å². The summed E-state index contributed by atoms with van der Waals surface area (Å²) in [7, 11) is 1.62. The third-order valence-electron chi connectivity index (χ3n) is 6.60. The first kappa shape index (κ1) is 19.3. The van der Waals surface area contributed by atoms with Gasteiger partial charge >= 0.3 is 0 Å². The molecule has 30 heavy (non-hydrogen) atoms. The molecule has 2 aromatic heterocycles. The Morgan fingerprint density at radius 2 is 2.07 bits per heavy atom. The molecule has 1 spiro atoms. The zero-order valence-corrected chi connectivity index (χ0v) is 17.3. The number of para-hydroxylation sites is 1. The number of nitrogens with zero attached hydrogens (tertiary/aromatic N) is 5. The van der Waals surface area contributed by atoms with Gasteiger partial charge in [-0.2, -0.15) is 5.10 Å². The Kier molecular flexibility index (Phi) is 5.04. The Labute approximate surface area is 175 Å². The highest BCUT2D eigenvalue weighted by Crippen LogP contribution is 2.41. The SMILES string of the molecule is COc1cc(N2CCC3(CC2)CC(O)CN(Cc2[nH]nc4ccccc24)C3)ncn1. The summed E-state index contributed by atoms with van der Waals surface area (Å²) in [6, 6.07) is 10.1. The van der Waals surface area contributed by atoms with E-state index in [1.165, 1.54) is 5.39 Å². The smallest absolute Gasteiger partial charge is 0.218 e. The molecule has 1 unspecified atom stereocenters. The van der Waals surface area contributed by atoms with Crippen molar-refractivity contribution in [1.29, 1.82) is 0 Å². The summed E-state index contributed by atoms with van der Waals surface area (Å²) in [5, 5.41) is 19.5. The molecule has 2 aliphatic heterocycles. The number of ether oxygens (including phenoxy) is 1. The fourth-order valence-electron chi connectivity index (χ4n) is 5.13. The van der Waals surface area contributed by atoms with E-state index in [1.807, 2.05) is 24.3 Å². The topological polar surface area (TPSA) is 90.4 Å². The molecule has 2 N–H and O–H groups in total. The van der Waals surface area contributed by atoms with Crippen LogP contribution < -0.4 is 9.64 Å². The van der Waals surface area contributed by atoms with Gasteiger partial charge in [0.25, 0.3) is 0 Å². The number of benzene rings is 1. The van der Waals surface area contributed by atoms with E-state index < -0.39 is 0 Å². The first-order valence-corrected chi connectivity index (χ1v) is 10.6. The number of aromatic amines is 1. The average molecular weight is 409 g/mol. The fourth-order valence-corrected chi connectivity index (χ4v) is 5.13. The highest BCUT2D eigenvalue weighted by Gasteiger charge is 2.41. The normalized spacial score (nSPS) is 21.9. The lowest BCUT2D eigenvalue weighted by Gasteiger charge is -2.49. The van der Waals surface area contributed by atoms with Crippen LogP contribution in [0.3, 0.4) is 0 Å². The van der Waals surface area contributed by atoms with Crippen molar-refractivity contribution in [3.05, 3.63) is 42.4 Å². The van der Waals surface area contributed by atoms with E-state index in [1.54, 1.807) is 13.4 Å². The Morgan fingerprint density at radius 1 is 1.23 bits per heavy atom. The number of aliphatic hydroxyl groups excluding tert-OH is 1. The van der Waals surface area contributed by atoms with Crippen molar-refractivity contribution in [2.24, 2.45) is 5.41 Å². The Hall–Kier alpha value is -2.71. The van der Waals surface area contributed by atoms with E-state index in [4.69, 9.17) is 4.74 Å². The minimum absolute atomic E-state index is 0.140. The summed E-state index contributed by atoms with van der Waals surface area (Å²) in [6.07, 6.45) is 4.21. The standard InChI is InChI=1S/C22H28N6O2/c1-30-21-10-20(23-15-24-21)28-8-6-22(7-9-28)11-16(29)12-27(14-22)13-19-17-4-2-3-5-18(17)25-26-19/h2-5,10,15-16,29H,6-9,11-14H2,1H3,(H,25,26). The number of β-amino-alcohol motifs (C(OH)–C–C–N with tert-alkyl or cyclic N) is 1. The number of piperidine rings is 2. The maximum atomic E-state index is 10.7. The van der Waals surface area contributed by atoms with Crippen LogP contribution in [0.1, 0.15) is 25.0 Å². The molecule has 3 aromatic rings. The van der Waals surface area contributed by atoms with Crippen molar-refractivity contribution in [3.8, 4) is 5.88 Å². The van der Waals surface area contributed by atoms with Crippen molar-refractivity contribution in [2.75, 3.05) is 38.2 Å². The summed E-state index contributed by atoms with van der Waals surface area (Å²) >= 11 is 0. The van der Waals surface area contributed by atoms with Gasteiger partial charge in [-0.05, 0) is 30.7 Å². The molecule has 1 aromatic carbocycles. The Morgan fingerprint density at radius 3 is 2.90 bits per heavy atom. The van der Waals surface area contributed by atoms with Gasteiger partial charge in [-0.15, -0.1) is 0 Å². The number of H-pyrrole nitrogens is 1. The minimum atomic E-state index is -0.293. The largest absolute Gasteiger partial charge is 0.481 e. The highest BCUT2D eigenvalue weighted by molar-refractivity contribution is 5.81. The average Bonchev–Trinajstić information content (AvgIpc) is 3.16. The number of aromatic nitrogens is 4. The van der Waals surface area contributed by atoms with Crippen molar-refractivity contribution in [1.82, 2.24) is 25.1 Å². The molecule has 1 atom stereocenters. The Bertz CT molecular complexity index is 1010. The summed E-state index contributed by atoms with van der Waals surface area (Å²) in [4.78, 5) is 13.2. The van der Waals surface area contributed by atoms with E-state index in [9.17, 15) is 5.11 Å². The van der Waals surface area contributed by atoms with Crippen LogP contribution in [0.4, 0.5) is 5.82 Å². The van der Waals surface area contributed by atoms with E-state index >= 15 is 0 Å². The zero-order valence-electron chi connectivity index (χ0n) is 17.3. The Balaban J connectivity index is 1.28. The third kappa shape index (κ3) is 3.73. The van der Waals surface area contributed by atoms with Crippen molar-refractivity contribution >= 4 is 16.7 Å². The van der Waals surface area contributed by atoms with Crippen LogP contribution in [-0.4, -0.2) is 69.6 Å². The number of hydrogen-bond acceptors (Lipinski definition) is 7. The molecule has 8 heteroatoms. The van der Waals surface area contributed by atoms with Gasteiger partial charge in [0.1, 0.15) is 12.1 Å². The van der Waals surface area contributed by atoms with E-state index in [0.29, 0.717) is 12.4 Å². The molecule has 0 radical (unpaired) electrons. The lowest BCUT2D eigenvalue weighted by Crippen LogP contribution is -2.53. The molecule has 2 saturated heterocycles. The number of likely N-dealkylation sites (tertiary alicyclic amines) is 1. The number of aliphatic hydroxyl groups is 1. The van der Waals surface area contributed by atoms with Crippen LogP contribution in [0.25, 0.3) is 10.9 Å². The first-order chi connectivity index (χ1) is 14.6. The number of fused-ring (bicyclic) bond motifs is 1. The number of methoxy groups -OCH3 is 1. The van der Waals surface area contributed by atoms with E-state index in [2.05, 4.69) is 36.0 Å². The van der Waals surface area contributed by atoms with Gasteiger partial charge < -0.3 is 14.7 Å². The molecule has 4 heterocycles. The maximum Gasteiger partial charge on any atom is 0.218 e. The van der Waals surface area contributed by atoms with Gasteiger partial charge in [0.15, 0.2) is 0 Å². The maximum absolute atomic E-state index is 10.7. The van der Waals surface area contributed by atoms with Crippen LogP contribution >= 0.6 is 0 Å². The molecule has 0 aliphatic carbocycles. The fraction of sp³-hybridized carbons (Fsp3) is 0.500. The van der Waals surface area contributed by atoms with Crippen LogP contribution in [-0.2, 0) is 6.54 Å². The van der Waals surface area contributed by atoms with Gasteiger partial charge in [0, 0.05) is 44.2 Å². The minimum Gasteiger partial charge on any atom is -0.481 e. The van der Waals surface area contributed by atoms with Crippen LogP contribution in [0.5, 0.6) is 5.88 Å². The van der Waals surface area contributed by atoms with Crippen LogP contribution in [0.2, 0.25) is 0 Å². The zero-order chi connectivity index (χ0) is 20.6. The molecular formula is C22H28N6O2. The lowest BCUT2D eigenvalue weighted by atomic mass is 9.71. The molecule has 0 saturated carbocycles. The van der Waals surface area contributed by atoms with E-state index in [-0.39, 0.29) is 11.5 Å². The number of nitrogens with one attached hydrogen (secondary N) is 1. The molecule has 2 aliphatic rings. The summed E-state index contributed by atoms with van der Waals surface area (Å²) in [6.45, 7) is 4.34. The third-order valence-corrected chi connectivity index (χ3v) is 6.60. The number of anilines is 1. The van der Waals surface area contributed by atoms with Gasteiger partial charge in [0.05, 0.1) is 24.4 Å². The summed E-state index contributed by atoms with van der Waals surface area (Å²) < 4.78 is 5.24. The van der Waals surface area contributed by atoms with Crippen molar-refractivity contribution < 1.29 is 9.84 Å². The molecule has 0 amide bonds. The second-order valence-electron chi connectivity index (χ2n) is 8.65. The highest BCUT2D eigenvalue weighted by atomic mass is 16.5. The molecule has 5 rings (SSSR count). The predicted molar refractivity (Wildman–Crippen MR) is 114 cm³/mol. The van der Waals surface area contributed by atoms with Gasteiger partial charge in [0.2, 0.25) is 5.88 Å². The van der Waals surface area contributed by atoms with Gasteiger partial charge in [-0.3, -0.25) is 10.00 Å². The predicted octanol–water partition coefficient (Wildman–Crippen LogP) is 2.21. The van der Waals surface area contributed by atoms with Crippen molar-refractivity contribution in [2.45, 2.75) is 31.9 Å². The molecule has 0 bridgehead atoms. The van der Waals surface area contributed by atoms with Crippen molar-refractivity contribution in [3.63, 3.8) is 0 Å². The molecule has 2 fully saturated rings. The summed E-state index contributed by atoms with van der Waals surface area (Å²) in [5.41, 5.74) is 2.26. The van der Waals surface area contributed by atoms with Gasteiger partial charge in [-0.25, -0.2) is 9.97 Å². The van der Waals surface area contributed by atoms with Crippen LogP contribution in [0.15, 0.2) is 36.7 Å². The monoisotopic (exact) mass is 408 g/mol. The van der Waals surface area contributed by atoms with Crippen LogP contribution in [0, 0.1) is 5.41 Å².